The minimum Gasteiger partial charge on any atom is -0.465 e. The van der Waals surface area contributed by atoms with Crippen LogP contribution in [-0.4, -0.2) is 45.7 Å². The first-order valence-corrected chi connectivity index (χ1v) is 6.13. The first-order valence-electron chi connectivity index (χ1n) is 6.13. The number of aromatic nitrogens is 2. The lowest BCUT2D eigenvalue weighted by atomic mass is 9.97. The van der Waals surface area contributed by atoms with Gasteiger partial charge in [-0.25, -0.2) is 14.8 Å². The number of amides is 1. The molecule has 7 heteroatoms. The van der Waals surface area contributed by atoms with Gasteiger partial charge in [0.2, 0.25) is 0 Å². The molecule has 2 rings (SSSR count). The van der Waals surface area contributed by atoms with E-state index >= 15 is 0 Å². The molecule has 19 heavy (non-hydrogen) atoms. The number of hydrogen-bond donors (Lipinski definition) is 2. The van der Waals surface area contributed by atoms with Crippen molar-refractivity contribution in [3.8, 4) is 6.07 Å². The molecule has 0 bridgehead atoms. The van der Waals surface area contributed by atoms with Gasteiger partial charge in [-0.05, 0) is 18.8 Å². The van der Waals surface area contributed by atoms with Crippen molar-refractivity contribution >= 4 is 11.9 Å². The minimum atomic E-state index is -0.855. The van der Waals surface area contributed by atoms with Crippen molar-refractivity contribution in [3.63, 3.8) is 0 Å². The summed E-state index contributed by atoms with van der Waals surface area (Å²) in [6, 6.07) is 1.98. The molecule has 100 valence electrons. The normalized spacial score (nSPS) is 15.8. The van der Waals surface area contributed by atoms with E-state index in [0.29, 0.717) is 31.4 Å². The number of nitriles is 1. The molecule has 0 unspecified atom stereocenters. The largest absolute Gasteiger partial charge is 0.465 e. The van der Waals surface area contributed by atoms with E-state index in [2.05, 4.69) is 15.3 Å². The summed E-state index contributed by atoms with van der Waals surface area (Å²) in [7, 11) is 0. The lowest BCUT2D eigenvalue weighted by molar-refractivity contribution is 0.126. The second kappa shape index (κ2) is 6.00. The van der Waals surface area contributed by atoms with E-state index in [-0.39, 0.29) is 5.69 Å². The summed E-state index contributed by atoms with van der Waals surface area (Å²) in [4.78, 5) is 20.2. The van der Waals surface area contributed by atoms with E-state index in [0.717, 1.165) is 12.8 Å². The predicted molar refractivity (Wildman–Crippen MR) is 67.6 cm³/mol. The first-order chi connectivity index (χ1) is 9.20. The SMILES string of the molecule is N#Cc1nccnc1NCC1CCN(C(=O)O)CC1. The zero-order valence-electron chi connectivity index (χ0n) is 10.4. The highest BCUT2D eigenvalue weighted by molar-refractivity contribution is 5.65. The molecule has 0 aliphatic carbocycles. The van der Waals surface area contributed by atoms with Gasteiger partial charge in [0, 0.05) is 32.0 Å². The molecule has 0 atom stereocenters. The van der Waals surface area contributed by atoms with Gasteiger partial charge in [0.05, 0.1) is 0 Å². The maximum Gasteiger partial charge on any atom is 0.407 e. The Morgan fingerprint density at radius 1 is 1.47 bits per heavy atom. The van der Waals surface area contributed by atoms with Crippen molar-refractivity contribution in [2.45, 2.75) is 12.8 Å². The predicted octanol–water partition coefficient (Wildman–Crippen LogP) is 1.15. The summed E-state index contributed by atoms with van der Waals surface area (Å²) in [5, 5.41) is 20.9. The van der Waals surface area contributed by atoms with E-state index in [1.54, 1.807) is 0 Å². The maximum absolute atomic E-state index is 10.8. The summed E-state index contributed by atoms with van der Waals surface area (Å²) < 4.78 is 0. The molecule has 0 saturated carbocycles. The van der Waals surface area contributed by atoms with Crippen molar-refractivity contribution in [2.75, 3.05) is 25.0 Å². The number of rotatable bonds is 3. The van der Waals surface area contributed by atoms with Crippen LogP contribution in [0.1, 0.15) is 18.5 Å². The topological polar surface area (TPSA) is 102 Å². The van der Waals surface area contributed by atoms with E-state index in [1.807, 2.05) is 6.07 Å². The Morgan fingerprint density at radius 2 is 2.16 bits per heavy atom. The van der Waals surface area contributed by atoms with Crippen LogP contribution in [0.15, 0.2) is 12.4 Å². The van der Waals surface area contributed by atoms with Gasteiger partial charge in [-0.15, -0.1) is 0 Å². The summed E-state index contributed by atoms with van der Waals surface area (Å²) in [5.41, 5.74) is 0.283. The Kier molecular flexibility index (Phi) is 4.13. The van der Waals surface area contributed by atoms with Crippen molar-refractivity contribution in [2.24, 2.45) is 5.92 Å². The number of nitrogens with one attached hydrogen (secondary N) is 1. The molecule has 1 amide bonds. The summed E-state index contributed by atoms with van der Waals surface area (Å²) in [6.07, 6.45) is 3.81. The molecule has 2 heterocycles. The van der Waals surface area contributed by atoms with Gasteiger partial charge < -0.3 is 15.3 Å². The number of anilines is 1. The highest BCUT2D eigenvalue weighted by Crippen LogP contribution is 2.18. The molecule has 2 N–H and O–H groups in total. The molecule has 7 nitrogen and oxygen atoms in total. The first kappa shape index (κ1) is 13.1. The van der Waals surface area contributed by atoms with Gasteiger partial charge in [0.15, 0.2) is 11.5 Å². The standard InChI is InChI=1S/C12H15N5O2/c13-7-10-11(15-4-3-14-10)16-8-9-1-5-17(6-2-9)12(18)19/h3-4,9H,1-2,5-6,8H2,(H,15,16)(H,18,19). The third-order valence-corrected chi connectivity index (χ3v) is 3.25. The van der Waals surface area contributed by atoms with Crippen LogP contribution < -0.4 is 5.32 Å². The van der Waals surface area contributed by atoms with Crippen LogP contribution in [0.3, 0.4) is 0 Å². The van der Waals surface area contributed by atoms with Gasteiger partial charge in [-0.3, -0.25) is 0 Å². The quantitative estimate of drug-likeness (QED) is 0.846. The third kappa shape index (κ3) is 3.31. The monoisotopic (exact) mass is 261 g/mol. The van der Waals surface area contributed by atoms with Gasteiger partial charge in [0.25, 0.3) is 0 Å². The summed E-state index contributed by atoms with van der Waals surface area (Å²) >= 11 is 0. The Balaban J connectivity index is 1.84. The van der Waals surface area contributed by atoms with Crippen LogP contribution in [0.4, 0.5) is 10.6 Å². The maximum atomic E-state index is 10.8. The Bertz CT molecular complexity index is 491. The second-order valence-electron chi connectivity index (χ2n) is 4.46. The molecule has 1 aromatic heterocycles. The minimum absolute atomic E-state index is 0.283. The average Bonchev–Trinajstić information content (AvgIpc) is 2.45. The lowest BCUT2D eigenvalue weighted by Gasteiger charge is -2.30. The fourth-order valence-corrected chi connectivity index (χ4v) is 2.12. The molecule has 1 saturated heterocycles. The van der Waals surface area contributed by atoms with Crippen LogP contribution in [0.25, 0.3) is 0 Å². The highest BCUT2D eigenvalue weighted by atomic mass is 16.4. The Labute approximate surface area is 110 Å². The summed E-state index contributed by atoms with van der Waals surface area (Å²) in [5.74, 6) is 0.884. The Morgan fingerprint density at radius 3 is 2.79 bits per heavy atom. The smallest absolute Gasteiger partial charge is 0.407 e. The highest BCUT2D eigenvalue weighted by Gasteiger charge is 2.22. The van der Waals surface area contributed by atoms with Crippen molar-refractivity contribution in [1.29, 1.82) is 5.26 Å². The molecule has 0 radical (unpaired) electrons. The molecule has 1 fully saturated rings. The van der Waals surface area contributed by atoms with Crippen LogP contribution in [0.5, 0.6) is 0 Å². The molecular weight excluding hydrogens is 246 g/mol. The summed E-state index contributed by atoms with van der Waals surface area (Å²) in [6.45, 7) is 1.81. The van der Waals surface area contributed by atoms with Gasteiger partial charge in [-0.1, -0.05) is 0 Å². The van der Waals surface area contributed by atoms with E-state index in [1.165, 1.54) is 17.3 Å². The van der Waals surface area contributed by atoms with Crippen LogP contribution >= 0.6 is 0 Å². The van der Waals surface area contributed by atoms with E-state index < -0.39 is 6.09 Å². The number of carboxylic acid groups (broad SMARTS) is 1. The number of nitrogens with zero attached hydrogens (tertiary/aromatic N) is 4. The van der Waals surface area contributed by atoms with Crippen LogP contribution in [0, 0.1) is 17.2 Å². The van der Waals surface area contributed by atoms with Gasteiger partial charge in [-0.2, -0.15) is 5.26 Å². The van der Waals surface area contributed by atoms with Gasteiger partial charge in [0.1, 0.15) is 6.07 Å². The zero-order valence-corrected chi connectivity index (χ0v) is 10.4. The van der Waals surface area contributed by atoms with Crippen LogP contribution in [-0.2, 0) is 0 Å². The fourth-order valence-electron chi connectivity index (χ4n) is 2.12. The number of carbonyl (C=O) groups is 1. The molecular formula is C12H15N5O2. The van der Waals surface area contributed by atoms with E-state index in [9.17, 15) is 4.79 Å². The van der Waals surface area contributed by atoms with Crippen molar-refractivity contribution < 1.29 is 9.90 Å². The van der Waals surface area contributed by atoms with Crippen molar-refractivity contribution in [1.82, 2.24) is 14.9 Å². The molecule has 1 aliphatic heterocycles. The molecule has 1 aliphatic rings. The lowest BCUT2D eigenvalue weighted by Crippen LogP contribution is -2.39. The van der Waals surface area contributed by atoms with Gasteiger partial charge >= 0.3 is 6.09 Å². The zero-order chi connectivity index (χ0) is 13.7. The van der Waals surface area contributed by atoms with Crippen molar-refractivity contribution in [3.05, 3.63) is 18.1 Å². The third-order valence-electron chi connectivity index (χ3n) is 3.25. The molecule has 0 spiro atoms. The average molecular weight is 261 g/mol. The number of piperidine rings is 1. The number of hydrogen-bond acceptors (Lipinski definition) is 5. The van der Waals surface area contributed by atoms with Crippen LogP contribution in [0.2, 0.25) is 0 Å². The number of likely N-dealkylation sites (tertiary alicyclic amines) is 1. The Hall–Kier alpha value is -2.36. The molecule has 0 aromatic carbocycles. The molecule has 1 aromatic rings. The van der Waals surface area contributed by atoms with E-state index in [4.69, 9.17) is 10.4 Å². The second-order valence-corrected chi connectivity index (χ2v) is 4.46. The fraction of sp³-hybridized carbons (Fsp3) is 0.500.